The molecule has 108 valence electrons. The summed E-state index contributed by atoms with van der Waals surface area (Å²) in [7, 11) is 0. The van der Waals surface area contributed by atoms with Gasteiger partial charge in [0.05, 0.1) is 0 Å². The molecule has 0 spiro atoms. The van der Waals surface area contributed by atoms with Gasteiger partial charge in [-0.3, -0.25) is 9.59 Å². The van der Waals surface area contributed by atoms with E-state index in [4.69, 9.17) is 0 Å². The number of carbonyl (C=O) groups excluding carboxylic acids is 2. The number of carbonyl (C=O) groups is 2. The lowest BCUT2D eigenvalue weighted by molar-refractivity contribution is -0.137. The second-order valence-corrected chi connectivity index (χ2v) is 5.61. The van der Waals surface area contributed by atoms with E-state index in [0.29, 0.717) is 6.54 Å². The van der Waals surface area contributed by atoms with Gasteiger partial charge in [-0.1, -0.05) is 0 Å². The molecule has 0 bridgehead atoms. The van der Waals surface area contributed by atoms with Gasteiger partial charge in [0, 0.05) is 44.9 Å². The summed E-state index contributed by atoms with van der Waals surface area (Å²) in [6, 6.07) is -0.143. The molecule has 2 aliphatic rings. The largest absolute Gasteiger partial charge is 0.350 e. The Morgan fingerprint density at radius 3 is 3.05 bits per heavy atom. The topological polar surface area (TPSA) is 67.2 Å². The highest BCUT2D eigenvalue weighted by atomic mass is 16.2. The van der Waals surface area contributed by atoms with E-state index in [1.165, 1.54) is 6.92 Å². The van der Waals surface area contributed by atoms with Crippen molar-refractivity contribution in [1.29, 1.82) is 0 Å². The maximum Gasteiger partial charge on any atom is 0.243 e. The molecule has 0 aromatic carbocycles. The molecule has 3 heterocycles. The first-order valence-electron chi connectivity index (χ1n) is 7.23. The standard InChI is InChI=1S/C14H20N4O2/c1-10(19)18-7-2-3-12(18)14(20)16-11-4-5-13-15-6-8-17(13)9-11/h6,8,11-12H,2-5,7,9H2,1H3,(H,16,20)/t11-,12-/m0/s1. The van der Waals surface area contributed by atoms with Crippen molar-refractivity contribution in [2.75, 3.05) is 6.54 Å². The third kappa shape index (κ3) is 2.42. The Hall–Kier alpha value is -1.85. The lowest BCUT2D eigenvalue weighted by atomic mass is 10.1. The number of fused-ring (bicyclic) bond motifs is 1. The van der Waals surface area contributed by atoms with Crippen LogP contribution in [0, 0.1) is 0 Å². The summed E-state index contributed by atoms with van der Waals surface area (Å²) < 4.78 is 2.09. The predicted molar refractivity (Wildman–Crippen MR) is 72.9 cm³/mol. The molecule has 1 N–H and O–H groups in total. The molecule has 1 saturated heterocycles. The first-order chi connectivity index (χ1) is 9.65. The molecule has 6 heteroatoms. The average molecular weight is 276 g/mol. The molecule has 2 aliphatic heterocycles. The molecule has 6 nitrogen and oxygen atoms in total. The summed E-state index contributed by atoms with van der Waals surface area (Å²) in [5, 5.41) is 3.09. The fraction of sp³-hybridized carbons (Fsp3) is 0.643. The number of imidazole rings is 1. The number of aryl methyl sites for hydroxylation is 1. The molecule has 3 rings (SSSR count). The van der Waals surface area contributed by atoms with Crippen molar-refractivity contribution in [3.63, 3.8) is 0 Å². The van der Waals surface area contributed by atoms with Crippen molar-refractivity contribution in [3.05, 3.63) is 18.2 Å². The Balaban J connectivity index is 1.61. The van der Waals surface area contributed by atoms with Crippen molar-refractivity contribution in [2.24, 2.45) is 0 Å². The first kappa shape index (κ1) is 13.1. The van der Waals surface area contributed by atoms with E-state index in [1.54, 1.807) is 11.1 Å². The number of nitrogens with one attached hydrogen (secondary N) is 1. The van der Waals surface area contributed by atoms with E-state index in [-0.39, 0.29) is 23.9 Å². The molecular formula is C14H20N4O2. The Morgan fingerprint density at radius 2 is 2.25 bits per heavy atom. The first-order valence-corrected chi connectivity index (χ1v) is 7.23. The molecule has 2 amide bonds. The lowest BCUT2D eigenvalue weighted by Gasteiger charge is -2.28. The Labute approximate surface area is 118 Å². The minimum atomic E-state index is -0.281. The number of hydrogen-bond donors (Lipinski definition) is 1. The molecular weight excluding hydrogens is 256 g/mol. The van der Waals surface area contributed by atoms with Crippen molar-refractivity contribution in [3.8, 4) is 0 Å². The minimum Gasteiger partial charge on any atom is -0.350 e. The summed E-state index contributed by atoms with van der Waals surface area (Å²) in [5.41, 5.74) is 0. The highest BCUT2D eigenvalue weighted by molar-refractivity contribution is 5.87. The van der Waals surface area contributed by atoms with E-state index in [9.17, 15) is 9.59 Å². The van der Waals surface area contributed by atoms with Crippen LogP contribution in [0.5, 0.6) is 0 Å². The van der Waals surface area contributed by atoms with Crippen LogP contribution in [0.15, 0.2) is 12.4 Å². The smallest absolute Gasteiger partial charge is 0.243 e. The maximum atomic E-state index is 12.3. The van der Waals surface area contributed by atoms with Crippen LogP contribution in [0.4, 0.5) is 0 Å². The normalized spacial score (nSPS) is 25.4. The van der Waals surface area contributed by atoms with Gasteiger partial charge in [-0.05, 0) is 19.3 Å². The molecule has 0 saturated carbocycles. The predicted octanol–water partition coefficient (Wildman–Crippen LogP) is 0.325. The third-order valence-electron chi connectivity index (χ3n) is 4.24. The molecule has 1 aromatic rings. The molecule has 20 heavy (non-hydrogen) atoms. The van der Waals surface area contributed by atoms with E-state index >= 15 is 0 Å². The zero-order chi connectivity index (χ0) is 14.1. The van der Waals surface area contributed by atoms with Crippen molar-refractivity contribution in [1.82, 2.24) is 19.8 Å². The van der Waals surface area contributed by atoms with Gasteiger partial charge in [0.1, 0.15) is 11.9 Å². The number of aromatic nitrogens is 2. The number of likely N-dealkylation sites (tertiary alicyclic amines) is 1. The quantitative estimate of drug-likeness (QED) is 0.846. The Bertz CT molecular complexity index is 525. The van der Waals surface area contributed by atoms with Gasteiger partial charge in [-0.2, -0.15) is 0 Å². The highest BCUT2D eigenvalue weighted by Crippen LogP contribution is 2.19. The van der Waals surface area contributed by atoms with Crippen LogP contribution >= 0.6 is 0 Å². The number of rotatable bonds is 2. The summed E-state index contributed by atoms with van der Waals surface area (Å²) in [4.78, 5) is 29.8. The summed E-state index contributed by atoms with van der Waals surface area (Å²) in [6.45, 7) is 3.00. The van der Waals surface area contributed by atoms with Gasteiger partial charge in [0.2, 0.25) is 11.8 Å². The number of nitrogens with zero attached hydrogens (tertiary/aromatic N) is 3. The Morgan fingerprint density at radius 1 is 1.40 bits per heavy atom. The summed E-state index contributed by atoms with van der Waals surface area (Å²) in [5.74, 6) is 1.07. The van der Waals surface area contributed by atoms with E-state index in [0.717, 1.165) is 38.1 Å². The Kier molecular flexibility index (Phi) is 3.46. The maximum absolute atomic E-state index is 12.3. The molecule has 2 atom stereocenters. The molecule has 1 aromatic heterocycles. The molecule has 1 fully saturated rings. The van der Waals surface area contributed by atoms with Crippen LogP contribution in [-0.2, 0) is 22.6 Å². The van der Waals surface area contributed by atoms with E-state index < -0.39 is 0 Å². The fourth-order valence-electron chi connectivity index (χ4n) is 3.20. The van der Waals surface area contributed by atoms with Crippen molar-refractivity contribution >= 4 is 11.8 Å². The number of amides is 2. The summed E-state index contributed by atoms with van der Waals surface area (Å²) >= 11 is 0. The monoisotopic (exact) mass is 276 g/mol. The van der Waals surface area contributed by atoms with Gasteiger partial charge in [-0.15, -0.1) is 0 Å². The highest BCUT2D eigenvalue weighted by Gasteiger charge is 2.33. The van der Waals surface area contributed by atoms with Crippen molar-refractivity contribution < 1.29 is 9.59 Å². The molecule has 0 radical (unpaired) electrons. The van der Waals surface area contributed by atoms with Gasteiger partial charge in [0.25, 0.3) is 0 Å². The van der Waals surface area contributed by atoms with Crippen LogP contribution in [0.25, 0.3) is 0 Å². The molecule has 0 unspecified atom stereocenters. The van der Waals surface area contributed by atoms with Gasteiger partial charge in [-0.25, -0.2) is 4.98 Å². The van der Waals surface area contributed by atoms with Crippen LogP contribution in [-0.4, -0.2) is 44.9 Å². The average Bonchev–Trinajstić information content (AvgIpc) is 3.06. The second-order valence-electron chi connectivity index (χ2n) is 5.61. The number of hydrogen-bond acceptors (Lipinski definition) is 3. The fourth-order valence-corrected chi connectivity index (χ4v) is 3.20. The van der Waals surface area contributed by atoms with Crippen LogP contribution < -0.4 is 5.32 Å². The minimum absolute atomic E-state index is 0.00809. The van der Waals surface area contributed by atoms with E-state index in [2.05, 4.69) is 14.9 Å². The van der Waals surface area contributed by atoms with Gasteiger partial charge >= 0.3 is 0 Å². The van der Waals surface area contributed by atoms with Gasteiger partial charge in [0.15, 0.2) is 0 Å². The summed E-state index contributed by atoms with van der Waals surface area (Å²) in [6.07, 6.45) is 7.23. The van der Waals surface area contributed by atoms with Crippen LogP contribution in [0.3, 0.4) is 0 Å². The van der Waals surface area contributed by atoms with Crippen LogP contribution in [0.1, 0.15) is 32.0 Å². The zero-order valence-electron chi connectivity index (χ0n) is 11.7. The molecule has 0 aliphatic carbocycles. The van der Waals surface area contributed by atoms with Crippen LogP contribution in [0.2, 0.25) is 0 Å². The SMILES string of the molecule is CC(=O)N1CCC[C@H]1C(=O)N[C@H]1CCc2nccn2C1. The third-order valence-corrected chi connectivity index (χ3v) is 4.24. The van der Waals surface area contributed by atoms with E-state index in [1.807, 2.05) is 6.20 Å². The second kappa shape index (κ2) is 5.26. The van der Waals surface area contributed by atoms with Crippen molar-refractivity contribution in [2.45, 2.75) is 51.2 Å². The lowest BCUT2D eigenvalue weighted by Crippen LogP contribution is -2.50. The van der Waals surface area contributed by atoms with Gasteiger partial charge < -0.3 is 14.8 Å². The zero-order valence-corrected chi connectivity index (χ0v) is 11.7.